The van der Waals surface area contributed by atoms with Gasteiger partial charge in [0, 0.05) is 13.1 Å². The molecule has 0 aromatic heterocycles. The van der Waals surface area contributed by atoms with Crippen molar-refractivity contribution in [1.29, 1.82) is 0 Å². The highest BCUT2D eigenvalue weighted by molar-refractivity contribution is 5.90. The lowest BCUT2D eigenvalue weighted by Crippen LogP contribution is -2.60. The van der Waals surface area contributed by atoms with E-state index in [1.165, 1.54) is 0 Å². The van der Waals surface area contributed by atoms with E-state index in [0.717, 1.165) is 6.42 Å². The van der Waals surface area contributed by atoms with Gasteiger partial charge in [0.15, 0.2) is 0 Å². The molecule has 23 heavy (non-hydrogen) atoms. The Kier molecular flexibility index (Phi) is 3.51. The smallest absolute Gasteiger partial charge is 0.340 e. The molecule has 1 saturated heterocycles. The van der Waals surface area contributed by atoms with Crippen LogP contribution in [0.25, 0.3) is 0 Å². The number of nitrogens with one attached hydrogen (secondary N) is 1. The maximum Gasteiger partial charge on any atom is 0.471 e. The molecule has 1 aliphatic heterocycles. The number of piperidine rings is 1. The number of hydrogen-bond donors (Lipinski definition) is 1. The molecule has 2 aliphatic carbocycles. The number of alkyl halides is 3. The molecule has 2 saturated carbocycles. The van der Waals surface area contributed by atoms with E-state index < -0.39 is 23.5 Å². The van der Waals surface area contributed by atoms with Gasteiger partial charge in [-0.2, -0.15) is 13.2 Å². The first-order valence-corrected chi connectivity index (χ1v) is 8.13. The summed E-state index contributed by atoms with van der Waals surface area (Å²) in [5.41, 5.74) is -0.345. The van der Waals surface area contributed by atoms with Gasteiger partial charge in [-0.3, -0.25) is 9.59 Å². The number of halogens is 3. The van der Waals surface area contributed by atoms with Crippen LogP contribution in [-0.4, -0.2) is 42.0 Å². The predicted molar refractivity (Wildman–Crippen MR) is 77.3 cm³/mol. The topological polar surface area (TPSA) is 49.4 Å². The Morgan fingerprint density at radius 3 is 2.04 bits per heavy atom. The lowest BCUT2D eigenvalue weighted by atomic mass is 9.65. The molecule has 7 heteroatoms. The Bertz CT molecular complexity index is 526. The van der Waals surface area contributed by atoms with Crippen molar-refractivity contribution in [2.24, 2.45) is 22.7 Å². The van der Waals surface area contributed by atoms with Crippen molar-refractivity contribution < 1.29 is 22.8 Å². The van der Waals surface area contributed by atoms with Crippen molar-refractivity contribution in [2.45, 2.75) is 52.3 Å². The highest BCUT2D eigenvalue weighted by Crippen LogP contribution is 2.62. The third kappa shape index (κ3) is 2.62. The zero-order valence-corrected chi connectivity index (χ0v) is 13.7. The quantitative estimate of drug-likeness (QED) is 0.862. The third-order valence-electron chi connectivity index (χ3n) is 6.41. The molecule has 0 aromatic carbocycles. The van der Waals surface area contributed by atoms with Crippen molar-refractivity contribution in [3.05, 3.63) is 0 Å². The summed E-state index contributed by atoms with van der Waals surface area (Å²) >= 11 is 0. The first-order valence-electron chi connectivity index (χ1n) is 8.13. The van der Waals surface area contributed by atoms with Gasteiger partial charge in [0.2, 0.25) is 5.91 Å². The van der Waals surface area contributed by atoms with Crippen LogP contribution in [0.3, 0.4) is 0 Å². The van der Waals surface area contributed by atoms with Gasteiger partial charge in [-0.1, -0.05) is 27.2 Å². The molecule has 0 bridgehead atoms. The summed E-state index contributed by atoms with van der Waals surface area (Å²) in [5.74, 6) is -1.51. The van der Waals surface area contributed by atoms with E-state index in [9.17, 15) is 22.8 Å². The zero-order valence-electron chi connectivity index (χ0n) is 13.7. The molecule has 0 spiro atoms. The average Bonchev–Trinajstić information content (AvgIpc) is 2.80. The largest absolute Gasteiger partial charge is 0.471 e. The molecule has 0 radical (unpaired) electrons. The molecular weight excluding hydrogens is 309 g/mol. The normalized spacial score (nSPS) is 31.8. The van der Waals surface area contributed by atoms with Crippen LogP contribution in [0.1, 0.15) is 40.0 Å². The molecule has 0 aromatic rings. The summed E-state index contributed by atoms with van der Waals surface area (Å²) < 4.78 is 37.8. The van der Waals surface area contributed by atoms with Crippen LogP contribution in [0, 0.1) is 22.7 Å². The maximum atomic E-state index is 12.8. The molecule has 1 N–H and O–H groups in total. The minimum atomic E-state index is -4.96. The Morgan fingerprint density at radius 1 is 1.13 bits per heavy atom. The van der Waals surface area contributed by atoms with Crippen LogP contribution in [-0.2, 0) is 9.59 Å². The van der Waals surface area contributed by atoms with Gasteiger partial charge in [0.05, 0.1) is 0 Å². The summed E-state index contributed by atoms with van der Waals surface area (Å²) in [6.07, 6.45) is -2.77. The Labute approximate surface area is 133 Å². The number of rotatable bonds is 3. The summed E-state index contributed by atoms with van der Waals surface area (Å²) in [6, 6.07) is -1.08. The van der Waals surface area contributed by atoms with E-state index in [-0.39, 0.29) is 11.3 Å². The van der Waals surface area contributed by atoms with Crippen LogP contribution < -0.4 is 5.32 Å². The Balaban J connectivity index is 1.72. The number of fused-ring (bicyclic) bond motifs is 1. The minimum absolute atomic E-state index is 0.224. The lowest BCUT2D eigenvalue weighted by molar-refractivity contribution is -0.177. The monoisotopic (exact) mass is 332 g/mol. The minimum Gasteiger partial charge on any atom is -0.340 e. The SMILES string of the molecule is CC1(C(NC(=O)C(F)(F)F)C(=O)N2CC3C(C2)C3(C)C)CCC1. The molecule has 4 nitrogen and oxygen atoms in total. The number of carbonyl (C=O) groups is 2. The molecule has 3 fully saturated rings. The first kappa shape index (κ1) is 16.6. The molecule has 1 heterocycles. The maximum absolute atomic E-state index is 12.8. The van der Waals surface area contributed by atoms with E-state index in [1.807, 2.05) is 5.32 Å². The summed E-state index contributed by atoms with van der Waals surface area (Å²) in [7, 11) is 0. The van der Waals surface area contributed by atoms with Crippen molar-refractivity contribution in [3.63, 3.8) is 0 Å². The predicted octanol–water partition coefficient (Wildman–Crippen LogP) is 2.34. The molecule has 3 atom stereocenters. The average molecular weight is 332 g/mol. The van der Waals surface area contributed by atoms with Crippen molar-refractivity contribution in [3.8, 4) is 0 Å². The van der Waals surface area contributed by atoms with Gasteiger partial charge in [-0.05, 0) is 35.5 Å². The van der Waals surface area contributed by atoms with Gasteiger partial charge < -0.3 is 10.2 Å². The van der Waals surface area contributed by atoms with Crippen LogP contribution in [0.4, 0.5) is 13.2 Å². The number of likely N-dealkylation sites (tertiary alicyclic amines) is 1. The van der Waals surface area contributed by atoms with Gasteiger partial charge in [-0.15, -0.1) is 0 Å². The fraction of sp³-hybridized carbons (Fsp3) is 0.875. The van der Waals surface area contributed by atoms with Gasteiger partial charge in [-0.25, -0.2) is 0 Å². The van der Waals surface area contributed by atoms with Crippen LogP contribution >= 0.6 is 0 Å². The number of amides is 2. The van der Waals surface area contributed by atoms with Crippen molar-refractivity contribution in [1.82, 2.24) is 10.2 Å². The van der Waals surface area contributed by atoms with Crippen molar-refractivity contribution in [2.75, 3.05) is 13.1 Å². The Hall–Kier alpha value is -1.27. The number of hydrogen-bond acceptors (Lipinski definition) is 2. The summed E-state index contributed by atoms with van der Waals surface area (Å²) in [6.45, 7) is 7.27. The van der Waals surface area contributed by atoms with Gasteiger partial charge >= 0.3 is 12.1 Å². The van der Waals surface area contributed by atoms with E-state index in [0.29, 0.717) is 37.8 Å². The second kappa shape index (κ2) is 4.86. The summed E-state index contributed by atoms with van der Waals surface area (Å²) in [5, 5.41) is 1.97. The van der Waals surface area contributed by atoms with Crippen molar-refractivity contribution >= 4 is 11.8 Å². The molecule has 2 amide bonds. The molecule has 130 valence electrons. The van der Waals surface area contributed by atoms with E-state index in [4.69, 9.17) is 0 Å². The fourth-order valence-corrected chi connectivity index (χ4v) is 4.26. The third-order valence-corrected chi connectivity index (χ3v) is 6.41. The summed E-state index contributed by atoms with van der Waals surface area (Å²) in [4.78, 5) is 25.8. The first-order chi connectivity index (χ1) is 10.5. The van der Waals surface area contributed by atoms with Crippen LogP contribution in [0.15, 0.2) is 0 Å². The highest BCUT2D eigenvalue weighted by atomic mass is 19.4. The fourth-order valence-electron chi connectivity index (χ4n) is 4.26. The second-order valence-electron chi connectivity index (χ2n) is 8.19. The van der Waals surface area contributed by atoms with Crippen LogP contribution in [0.2, 0.25) is 0 Å². The standard InChI is InChI=1S/C16H23F3N2O2/c1-14(2)9-7-21(8-10(9)14)12(22)11(15(3)5-4-6-15)20-13(23)16(17,18)19/h9-11H,4-8H2,1-3H3,(H,20,23). The number of nitrogens with zero attached hydrogens (tertiary/aromatic N) is 1. The van der Waals surface area contributed by atoms with E-state index in [1.54, 1.807) is 11.8 Å². The lowest BCUT2D eigenvalue weighted by Gasteiger charge is -2.45. The molecular formula is C16H23F3N2O2. The Morgan fingerprint density at radius 2 is 1.65 bits per heavy atom. The molecule has 3 aliphatic rings. The van der Waals surface area contributed by atoms with Gasteiger partial charge in [0.1, 0.15) is 6.04 Å². The highest BCUT2D eigenvalue weighted by Gasteiger charge is 2.63. The number of carbonyl (C=O) groups excluding carboxylic acids is 2. The van der Waals surface area contributed by atoms with Crippen LogP contribution in [0.5, 0.6) is 0 Å². The molecule has 3 rings (SSSR count). The zero-order chi connectivity index (χ0) is 17.2. The molecule has 3 unspecified atom stereocenters. The van der Waals surface area contributed by atoms with Gasteiger partial charge in [0.25, 0.3) is 0 Å². The van der Waals surface area contributed by atoms with E-state index >= 15 is 0 Å². The van der Waals surface area contributed by atoms with E-state index in [2.05, 4.69) is 13.8 Å². The second-order valence-corrected chi connectivity index (χ2v) is 8.19.